The monoisotopic (exact) mass is 215 g/mol. The lowest BCUT2D eigenvalue weighted by Gasteiger charge is -2.46. The van der Waals surface area contributed by atoms with Crippen LogP contribution in [0.25, 0.3) is 0 Å². The van der Waals surface area contributed by atoms with Gasteiger partial charge in [-0.3, -0.25) is 4.90 Å². The number of hydrogen-bond acceptors (Lipinski definition) is 2. The Balaban J connectivity index is 3.04. The molecule has 88 valence electrons. The summed E-state index contributed by atoms with van der Waals surface area (Å²) in [7, 11) is 0. The molecule has 1 amide bonds. The Hall–Kier alpha value is -0.770. The van der Waals surface area contributed by atoms with Crippen LogP contribution in [0.5, 0.6) is 0 Å². The van der Waals surface area contributed by atoms with E-state index in [0.29, 0.717) is 6.42 Å². The lowest BCUT2D eigenvalue weighted by Crippen LogP contribution is -2.61. The maximum absolute atomic E-state index is 11.3. The van der Waals surface area contributed by atoms with Gasteiger partial charge in [0.2, 0.25) is 0 Å². The standard InChI is InChI=1S/C11H21NO3/c1-10(2,3)12(9(14)15)11(4)7-5-6-8(11)13/h8,13H,5-7H2,1-4H3,(H,14,15). The fraction of sp³-hybridized carbons (Fsp3) is 0.909. The predicted molar refractivity (Wildman–Crippen MR) is 57.9 cm³/mol. The minimum atomic E-state index is -0.953. The predicted octanol–water partition coefficient (Wildman–Crippen LogP) is 2.07. The van der Waals surface area contributed by atoms with Crippen molar-refractivity contribution >= 4 is 6.09 Å². The van der Waals surface area contributed by atoms with Crippen LogP contribution < -0.4 is 0 Å². The third-order valence-electron chi connectivity index (χ3n) is 3.25. The van der Waals surface area contributed by atoms with Crippen LogP contribution in [0.3, 0.4) is 0 Å². The van der Waals surface area contributed by atoms with Crippen LogP contribution >= 0.6 is 0 Å². The first kappa shape index (κ1) is 12.3. The lowest BCUT2D eigenvalue weighted by atomic mass is 9.90. The molecule has 0 aliphatic heterocycles. The van der Waals surface area contributed by atoms with Crippen LogP contribution in [0.2, 0.25) is 0 Å². The second kappa shape index (κ2) is 3.67. The minimum absolute atomic E-state index is 0.480. The Kier molecular flexibility index (Phi) is 3.01. The highest BCUT2D eigenvalue weighted by Gasteiger charge is 2.49. The maximum Gasteiger partial charge on any atom is 0.408 e. The number of carboxylic acid groups (broad SMARTS) is 1. The van der Waals surface area contributed by atoms with Crippen molar-refractivity contribution in [2.75, 3.05) is 0 Å². The second-order valence-corrected chi connectivity index (χ2v) is 5.55. The van der Waals surface area contributed by atoms with Crippen LogP contribution in [-0.4, -0.2) is 38.4 Å². The normalized spacial score (nSPS) is 31.7. The molecule has 1 rings (SSSR count). The first-order valence-electron chi connectivity index (χ1n) is 5.41. The molecule has 4 heteroatoms. The Morgan fingerprint density at radius 3 is 2.27 bits per heavy atom. The van der Waals surface area contributed by atoms with Gasteiger partial charge in [0, 0.05) is 5.54 Å². The Bertz CT molecular complexity index is 259. The van der Waals surface area contributed by atoms with E-state index < -0.39 is 23.3 Å². The highest BCUT2D eigenvalue weighted by molar-refractivity contribution is 5.67. The molecule has 0 aromatic carbocycles. The summed E-state index contributed by atoms with van der Waals surface area (Å²) in [4.78, 5) is 12.7. The summed E-state index contributed by atoms with van der Waals surface area (Å²) in [6, 6.07) is 0. The fourth-order valence-corrected chi connectivity index (χ4v) is 2.66. The molecule has 1 aliphatic carbocycles. The van der Waals surface area contributed by atoms with E-state index in [4.69, 9.17) is 0 Å². The number of amides is 1. The van der Waals surface area contributed by atoms with Gasteiger partial charge in [-0.1, -0.05) is 0 Å². The van der Waals surface area contributed by atoms with E-state index in [1.807, 2.05) is 27.7 Å². The molecule has 0 aromatic heterocycles. The molecule has 0 saturated heterocycles. The fourth-order valence-electron chi connectivity index (χ4n) is 2.66. The lowest BCUT2D eigenvalue weighted by molar-refractivity contribution is -0.0335. The summed E-state index contributed by atoms with van der Waals surface area (Å²) < 4.78 is 0. The van der Waals surface area contributed by atoms with E-state index in [9.17, 15) is 15.0 Å². The number of carbonyl (C=O) groups is 1. The molecule has 0 spiro atoms. The van der Waals surface area contributed by atoms with Gasteiger partial charge in [-0.05, 0) is 47.0 Å². The largest absolute Gasteiger partial charge is 0.465 e. The average Bonchev–Trinajstić information content (AvgIpc) is 2.27. The van der Waals surface area contributed by atoms with Crippen molar-refractivity contribution in [3.8, 4) is 0 Å². The van der Waals surface area contributed by atoms with Crippen LogP contribution in [0.15, 0.2) is 0 Å². The smallest absolute Gasteiger partial charge is 0.408 e. The molecule has 4 nitrogen and oxygen atoms in total. The van der Waals surface area contributed by atoms with Gasteiger partial charge in [-0.15, -0.1) is 0 Å². The molecular weight excluding hydrogens is 194 g/mol. The van der Waals surface area contributed by atoms with E-state index in [-0.39, 0.29) is 0 Å². The molecule has 1 aliphatic rings. The number of rotatable bonds is 1. The van der Waals surface area contributed by atoms with E-state index in [1.165, 1.54) is 4.90 Å². The topological polar surface area (TPSA) is 60.8 Å². The van der Waals surface area contributed by atoms with Gasteiger partial charge >= 0.3 is 6.09 Å². The first-order chi connectivity index (χ1) is 6.69. The van der Waals surface area contributed by atoms with Crippen molar-refractivity contribution in [2.45, 2.75) is 64.1 Å². The molecular formula is C11H21NO3. The molecule has 1 fully saturated rings. The number of aliphatic hydroxyl groups is 1. The van der Waals surface area contributed by atoms with Gasteiger partial charge < -0.3 is 10.2 Å². The van der Waals surface area contributed by atoms with Crippen molar-refractivity contribution in [1.29, 1.82) is 0 Å². The van der Waals surface area contributed by atoms with Crippen molar-refractivity contribution in [3.05, 3.63) is 0 Å². The summed E-state index contributed by atoms with van der Waals surface area (Å²) >= 11 is 0. The van der Waals surface area contributed by atoms with Gasteiger partial charge in [0.05, 0.1) is 11.6 Å². The van der Waals surface area contributed by atoms with Crippen molar-refractivity contribution in [1.82, 2.24) is 4.90 Å². The molecule has 0 radical (unpaired) electrons. The van der Waals surface area contributed by atoms with Crippen LogP contribution in [-0.2, 0) is 0 Å². The van der Waals surface area contributed by atoms with E-state index in [2.05, 4.69) is 0 Å². The zero-order chi connectivity index (χ0) is 11.9. The van der Waals surface area contributed by atoms with Crippen LogP contribution in [0.1, 0.15) is 47.0 Å². The molecule has 2 atom stereocenters. The van der Waals surface area contributed by atoms with Crippen LogP contribution in [0.4, 0.5) is 4.79 Å². The number of hydrogen-bond donors (Lipinski definition) is 2. The molecule has 2 unspecified atom stereocenters. The minimum Gasteiger partial charge on any atom is -0.465 e. The Labute approximate surface area is 90.9 Å². The van der Waals surface area contributed by atoms with Gasteiger partial charge in [-0.25, -0.2) is 4.79 Å². The first-order valence-corrected chi connectivity index (χ1v) is 5.41. The zero-order valence-electron chi connectivity index (χ0n) is 9.95. The van der Waals surface area contributed by atoms with Gasteiger partial charge in [-0.2, -0.15) is 0 Å². The molecule has 1 saturated carbocycles. The number of nitrogens with zero attached hydrogens (tertiary/aromatic N) is 1. The van der Waals surface area contributed by atoms with E-state index >= 15 is 0 Å². The molecule has 0 heterocycles. The second-order valence-electron chi connectivity index (χ2n) is 5.55. The molecule has 15 heavy (non-hydrogen) atoms. The van der Waals surface area contributed by atoms with Crippen molar-refractivity contribution in [2.24, 2.45) is 0 Å². The third kappa shape index (κ3) is 2.09. The van der Waals surface area contributed by atoms with Gasteiger partial charge in [0.25, 0.3) is 0 Å². The number of aliphatic hydroxyl groups excluding tert-OH is 1. The SMILES string of the molecule is CC(C)(C)N(C(=O)O)C1(C)CCCC1O. The Morgan fingerprint density at radius 1 is 1.47 bits per heavy atom. The summed E-state index contributed by atoms with van der Waals surface area (Å²) in [5.74, 6) is 0. The average molecular weight is 215 g/mol. The zero-order valence-corrected chi connectivity index (χ0v) is 9.95. The van der Waals surface area contributed by atoms with Crippen molar-refractivity contribution < 1.29 is 15.0 Å². The third-order valence-corrected chi connectivity index (χ3v) is 3.25. The summed E-state index contributed by atoms with van der Waals surface area (Å²) in [6.45, 7) is 7.41. The highest BCUT2D eigenvalue weighted by atomic mass is 16.4. The van der Waals surface area contributed by atoms with Gasteiger partial charge in [0.15, 0.2) is 0 Å². The molecule has 2 N–H and O–H groups in total. The summed E-state index contributed by atoms with van der Waals surface area (Å²) in [5, 5.41) is 19.2. The summed E-state index contributed by atoms with van der Waals surface area (Å²) in [5.41, 5.74) is -1.12. The van der Waals surface area contributed by atoms with Crippen molar-refractivity contribution in [3.63, 3.8) is 0 Å². The van der Waals surface area contributed by atoms with E-state index in [0.717, 1.165) is 12.8 Å². The van der Waals surface area contributed by atoms with E-state index in [1.54, 1.807) is 0 Å². The molecule has 0 aromatic rings. The van der Waals surface area contributed by atoms with Gasteiger partial charge in [0.1, 0.15) is 0 Å². The summed E-state index contributed by atoms with van der Waals surface area (Å²) in [6.07, 6.45) is 0.810. The highest BCUT2D eigenvalue weighted by Crippen LogP contribution is 2.39. The van der Waals surface area contributed by atoms with Crippen LogP contribution in [0, 0.1) is 0 Å². The Morgan fingerprint density at radius 2 is 2.00 bits per heavy atom. The maximum atomic E-state index is 11.3. The quantitative estimate of drug-likeness (QED) is 0.704. The molecule has 0 bridgehead atoms.